The van der Waals surface area contributed by atoms with Gasteiger partial charge in [0.2, 0.25) is 11.8 Å². The molecule has 3 aromatic rings. The van der Waals surface area contributed by atoms with Gasteiger partial charge >= 0.3 is 0 Å². The minimum absolute atomic E-state index is 0.301. The van der Waals surface area contributed by atoms with Crippen LogP contribution in [-0.2, 0) is 16.0 Å². The van der Waals surface area contributed by atoms with Crippen LogP contribution < -0.4 is 20.1 Å². The molecule has 0 saturated carbocycles. The maximum atomic E-state index is 13.0. The van der Waals surface area contributed by atoms with Crippen LogP contribution in [0.5, 0.6) is 11.5 Å². The molecular weight excluding hydrogens is 394 g/mol. The number of carbonyl (C=O) groups is 2. The molecule has 0 fully saturated rings. The summed E-state index contributed by atoms with van der Waals surface area (Å²) in [6.45, 7) is 1.38. The second-order valence-corrected chi connectivity index (χ2v) is 6.90. The lowest BCUT2D eigenvalue weighted by molar-refractivity contribution is -0.125. The second-order valence-electron chi connectivity index (χ2n) is 6.49. The van der Waals surface area contributed by atoms with E-state index < -0.39 is 6.04 Å². The van der Waals surface area contributed by atoms with Crippen molar-refractivity contribution in [3.63, 3.8) is 0 Å². The number of carbonyl (C=O) groups excluding carboxylic acids is 2. The molecular formula is C21H22ClN3O4. The number of amides is 2. The molecule has 0 radical (unpaired) electrons. The fourth-order valence-electron chi connectivity index (χ4n) is 3.15. The van der Waals surface area contributed by atoms with Crippen molar-refractivity contribution in [2.45, 2.75) is 19.4 Å². The van der Waals surface area contributed by atoms with Gasteiger partial charge in [-0.2, -0.15) is 0 Å². The highest BCUT2D eigenvalue weighted by Gasteiger charge is 2.23. The van der Waals surface area contributed by atoms with Gasteiger partial charge in [0.25, 0.3) is 0 Å². The summed E-state index contributed by atoms with van der Waals surface area (Å²) in [5.41, 5.74) is 2.28. The van der Waals surface area contributed by atoms with Crippen LogP contribution >= 0.6 is 11.6 Å². The third-order valence-electron chi connectivity index (χ3n) is 4.52. The van der Waals surface area contributed by atoms with E-state index in [1.165, 1.54) is 21.1 Å². The number of aromatic amines is 1. The number of H-pyrrole nitrogens is 1. The Morgan fingerprint density at radius 1 is 1.14 bits per heavy atom. The van der Waals surface area contributed by atoms with E-state index in [4.69, 9.17) is 21.1 Å². The molecule has 2 amide bonds. The summed E-state index contributed by atoms with van der Waals surface area (Å²) in [5, 5.41) is 6.84. The Bertz CT molecular complexity index is 1050. The van der Waals surface area contributed by atoms with Crippen LogP contribution in [0.25, 0.3) is 10.9 Å². The van der Waals surface area contributed by atoms with Crippen molar-refractivity contribution in [1.29, 1.82) is 0 Å². The van der Waals surface area contributed by atoms with E-state index in [9.17, 15) is 9.59 Å². The monoisotopic (exact) mass is 415 g/mol. The Balaban J connectivity index is 1.86. The van der Waals surface area contributed by atoms with Gasteiger partial charge in [-0.25, -0.2) is 0 Å². The first-order valence-electron chi connectivity index (χ1n) is 8.97. The topological polar surface area (TPSA) is 92.4 Å². The number of hydrogen-bond donors (Lipinski definition) is 3. The highest BCUT2D eigenvalue weighted by molar-refractivity contribution is 6.32. The third kappa shape index (κ3) is 4.63. The van der Waals surface area contributed by atoms with Gasteiger partial charge < -0.3 is 25.1 Å². The summed E-state index contributed by atoms with van der Waals surface area (Å²) in [7, 11) is 2.97. The summed E-state index contributed by atoms with van der Waals surface area (Å²) >= 11 is 6.18. The summed E-state index contributed by atoms with van der Waals surface area (Å²) in [5.74, 6) is 0.140. The second kappa shape index (κ2) is 8.87. The van der Waals surface area contributed by atoms with Gasteiger partial charge in [0.15, 0.2) is 0 Å². The average molecular weight is 416 g/mol. The lowest BCUT2D eigenvalue weighted by Gasteiger charge is -2.19. The molecule has 0 aliphatic heterocycles. The first kappa shape index (κ1) is 20.5. The van der Waals surface area contributed by atoms with Crippen molar-refractivity contribution < 1.29 is 19.1 Å². The molecule has 1 unspecified atom stereocenters. The number of fused-ring (bicyclic) bond motifs is 1. The third-order valence-corrected chi connectivity index (χ3v) is 4.82. The van der Waals surface area contributed by atoms with Gasteiger partial charge in [0.1, 0.15) is 17.5 Å². The fourth-order valence-corrected chi connectivity index (χ4v) is 3.39. The van der Waals surface area contributed by atoms with Crippen molar-refractivity contribution in [1.82, 2.24) is 10.3 Å². The quantitative estimate of drug-likeness (QED) is 0.550. The predicted molar refractivity (Wildman–Crippen MR) is 113 cm³/mol. The first-order chi connectivity index (χ1) is 13.9. The SMILES string of the molecule is COc1cc(OC)c(NC(=O)C(Cc2c[nH]c3ccccc23)NC(C)=O)cc1Cl. The number of anilines is 1. The number of methoxy groups -OCH3 is 2. The van der Waals surface area contributed by atoms with Crippen molar-refractivity contribution >= 4 is 40.0 Å². The van der Waals surface area contributed by atoms with Gasteiger partial charge in [-0.3, -0.25) is 9.59 Å². The molecule has 0 spiro atoms. The van der Waals surface area contributed by atoms with Crippen molar-refractivity contribution in [3.8, 4) is 11.5 Å². The smallest absolute Gasteiger partial charge is 0.247 e. The number of nitrogens with one attached hydrogen (secondary N) is 3. The Morgan fingerprint density at radius 2 is 1.86 bits per heavy atom. The molecule has 1 atom stereocenters. The lowest BCUT2D eigenvalue weighted by atomic mass is 10.0. The van der Waals surface area contributed by atoms with E-state index >= 15 is 0 Å². The summed E-state index contributed by atoms with van der Waals surface area (Å²) in [4.78, 5) is 27.9. The highest BCUT2D eigenvalue weighted by Crippen LogP contribution is 2.36. The number of para-hydroxylation sites is 1. The Morgan fingerprint density at radius 3 is 2.55 bits per heavy atom. The highest BCUT2D eigenvalue weighted by atomic mass is 35.5. The van der Waals surface area contributed by atoms with E-state index in [1.807, 2.05) is 30.5 Å². The summed E-state index contributed by atoms with van der Waals surface area (Å²) in [6, 6.07) is 10.1. The maximum absolute atomic E-state index is 13.0. The average Bonchev–Trinajstić information content (AvgIpc) is 3.10. The van der Waals surface area contributed by atoms with Crippen LogP contribution in [0.1, 0.15) is 12.5 Å². The van der Waals surface area contributed by atoms with Crippen LogP contribution in [0.4, 0.5) is 5.69 Å². The number of rotatable bonds is 7. The fraction of sp³-hybridized carbons (Fsp3) is 0.238. The van der Waals surface area contributed by atoms with E-state index in [0.29, 0.717) is 28.6 Å². The van der Waals surface area contributed by atoms with Crippen LogP contribution in [-0.4, -0.2) is 37.1 Å². The number of ether oxygens (including phenoxy) is 2. The molecule has 152 valence electrons. The van der Waals surface area contributed by atoms with Crippen LogP contribution in [0.2, 0.25) is 5.02 Å². The Kier molecular flexibility index (Phi) is 6.29. The Hall–Kier alpha value is -3.19. The van der Waals surface area contributed by atoms with Gasteiger partial charge in [-0.15, -0.1) is 0 Å². The van der Waals surface area contributed by atoms with Gasteiger partial charge in [-0.05, 0) is 17.7 Å². The molecule has 0 aliphatic carbocycles. The van der Waals surface area contributed by atoms with Crippen molar-refractivity contribution in [2.75, 3.05) is 19.5 Å². The predicted octanol–water partition coefficient (Wildman–Crippen LogP) is 3.52. The molecule has 3 rings (SSSR count). The minimum atomic E-state index is -0.780. The molecule has 29 heavy (non-hydrogen) atoms. The number of benzene rings is 2. The molecule has 0 saturated heterocycles. The van der Waals surface area contributed by atoms with Gasteiger partial charge in [-0.1, -0.05) is 29.8 Å². The zero-order valence-electron chi connectivity index (χ0n) is 16.3. The molecule has 2 aromatic carbocycles. The zero-order valence-corrected chi connectivity index (χ0v) is 17.1. The van der Waals surface area contributed by atoms with E-state index in [2.05, 4.69) is 15.6 Å². The molecule has 0 bridgehead atoms. The number of halogens is 1. The normalized spacial score (nSPS) is 11.7. The molecule has 7 nitrogen and oxygen atoms in total. The molecule has 0 aliphatic rings. The minimum Gasteiger partial charge on any atom is -0.495 e. The van der Waals surface area contributed by atoms with E-state index in [1.54, 1.807) is 12.1 Å². The van der Waals surface area contributed by atoms with Crippen molar-refractivity contribution in [2.24, 2.45) is 0 Å². The van der Waals surface area contributed by atoms with Crippen molar-refractivity contribution in [3.05, 3.63) is 53.2 Å². The van der Waals surface area contributed by atoms with Crippen LogP contribution in [0.15, 0.2) is 42.6 Å². The first-order valence-corrected chi connectivity index (χ1v) is 9.35. The largest absolute Gasteiger partial charge is 0.495 e. The number of hydrogen-bond acceptors (Lipinski definition) is 4. The lowest BCUT2D eigenvalue weighted by Crippen LogP contribution is -2.44. The molecule has 3 N–H and O–H groups in total. The van der Waals surface area contributed by atoms with Crippen LogP contribution in [0.3, 0.4) is 0 Å². The Labute approximate surface area is 173 Å². The summed E-state index contributed by atoms with van der Waals surface area (Å²) in [6.07, 6.45) is 2.17. The molecule has 8 heteroatoms. The maximum Gasteiger partial charge on any atom is 0.247 e. The van der Waals surface area contributed by atoms with Gasteiger partial charge in [0, 0.05) is 36.5 Å². The van der Waals surface area contributed by atoms with E-state index in [0.717, 1.165) is 16.5 Å². The molecule has 1 heterocycles. The zero-order chi connectivity index (χ0) is 21.0. The van der Waals surface area contributed by atoms with Crippen LogP contribution in [0, 0.1) is 0 Å². The number of aromatic nitrogens is 1. The van der Waals surface area contributed by atoms with E-state index in [-0.39, 0.29) is 11.8 Å². The van der Waals surface area contributed by atoms with Gasteiger partial charge in [0.05, 0.1) is 24.9 Å². The standard InChI is InChI=1S/C21H22ClN3O4/c1-12(26)24-18(8-13-11-23-16-7-5-4-6-14(13)16)21(27)25-17-9-15(22)19(28-2)10-20(17)29-3/h4-7,9-11,18,23H,8H2,1-3H3,(H,24,26)(H,25,27). The summed E-state index contributed by atoms with van der Waals surface area (Å²) < 4.78 is 10.5. The molecule has 1 aromatic heterocycles.